The summed E-state index contributed by atoms with van der Waals surface area (Å²) in [6.07, 6.45) is 0.329. The summed E-state index contributed by atoms with van der Waals surface area (Å²) in [5.74, 6) is -0.163. The maximum atomic E-state index is 13.2. The molecule has 0 aromatic heterocycles. The molecule has 3 aromatic rings. The number of nitrogens with two attached hydrogens (primary N) is 1. The van der Waals surface area contributed by atoms with Gasteiger partial charge in [-0.25, -0.2) is 4.21 Å². The van der Waals surface area contributed by atoms with Gasteiger partial charge in [-0.3, -0.25) is 10.2 Å². The van der Waals surface area contributed by atoms with Crippen molar-refractivity contribution < 1.29 is 9.00 Å². The number of carbonyl (C=O) groups is 1. The van der Waals surface area contributed by atoms with Gasteiger partial charge in [0.25, 0.3) is 0 Å². The Balaban J connectivity index is 1.87. The number of nitrogens with zero attached hydrogens (tertiary/aromatic N) is 1. The molecule has 0 fully saturated rings. The molecule has 0 spiro atoms. The Morgan fingerprint density at radius 3 is 2.52 bits per heavy atom. The zero-order chi connectivity index (χ0) is 21.0. The smallest absolute Gasteiger partial charge is 0.225 e. The molecular weight excluding hydrogens is 384 g/mol. The summed E-state index contributed by atoms with van der Waals surface area (Å²) in [5.41, 5.74) is 7.23. The number of nitrogens with one attached hydrogen (secondary N) is 2. The standard InChI is InChI=1S/C22H24N4O2S/c1-26(2)14-13-20(27)25-18-11-6-10-17(21(18)23)22(24)29(28)19-12-5-8-15-7-3-4-9-16(15)19/h3-12,24H,13-14,23H2,1-2H3,(H,25,27). The van der Waals surface area contributed by atoms with Gasteiger partial charge < -0.3 is 16.0 Å². The van der Waals surface area contributed by atoms with Crippen LogP contribution >= 0.6 is 0 Å². The Labute approximate surface area is 172 Å². The molecule has 1 atom stereocenters. The summed E-state index contributed by atoms with van der Waals surface area (Å²) in [6.45, 7) is 0.617. The van der Waals surface area contributed by atoms with Gasteiger partial charge >= 0.3 is 0 Å². The molecule has 0 heterocycles. The molecule has 1 amide bonds. The first kappa shape index (κ1) is 20.7. The van der Waals surface area contributed by atoms with Gasteiger partial charge in [-0.05, 0) is 43.1 Å². The van der Waals surface area contributed by atoms with E-state index in [0.717, 1.165) is 10.8 Å². The Bertz CT molecular complexity index is 1090. The van der Waals surface area contributed by atoms with E-state index in [2.05, 4.69) is 5.32 Å². The lowest BCUT2D eigenvalue weighted by molar-refractivity contribution is -0.116. The molecule has 0 saturated carbocycles. The molecule has 0 radical (unpaired) electrons. The van der Waals surface area contributed by atoms with Crippen LogP contribution in [0.2, 0.25) is 0 Å². The number of para-hydroxylation sites is 1. The molecule has 7 heteroatoms. The number of anilines is 2. The Morgan fingerprint density at radius 2 is 1.76 bits per heavy atom. The third-order valence-electron chi connectivity index (χ3n) is 4.55. The van der Waals surface area contributed by atoms with E-state index < -0.39 is 10.8 Å². The molecule has 0 aliphatic carbocycles. The Morgan fingerprint density at radius 1 is 1.07 bits per heavy atom. The Kier molecular flexibility index (Phi) is 6.41. The van der Waals surface area contributed by atoms with Crippen LogP contribution in [-0.4, -0.2) is 40.7 Å². The third kappa shape index (κ3) is 4.70. The molecule has 0 saturated heterocycles. The second-order valence-corrected chi connectivity index (χ2v) is 8.33. The van der Waals surface area contributed by atoms with Crippen LogP contribution in [0, 0.1) is 5.41 Å². The van der Waals surface area contributed by atoms with Crippen molar-refractivity contribution in [2.24, 2.45) is 0 Å². The number of hydrogen-bond acceptors (Lipinski definition) is 5. The normalized spacial score (nSPS) is 12.1. The quantitative estimate of drug-likeness (QED) is 0.330. The van der Waals surface area contributed by atoms with E-state index in [1.165, 1.54) is 0 Å². The maximum Gasteiger partial charge on any atom is 0.225 e. The van der Waals surface area contributed by atoms with E-state index in [-0.39, 0.29) is 16.6 Å². The fraction of sp³-hybridized carbons (Fsp3) is 0.182. The number of nitrogen functional groups attached to an aromatic ring is 1. The fourth-order valence-electron chi connectivity index (χ4n) is 2.98. The molecule has 4 N–H and O–H groups in total. The van der Waals surface area contributed by atoms with E-state index >= 15 is 0 Å². The molecule has 0 aliphatic heterocycles. The van der Waals surface area contributed by atoms with Crippen LogP contribution in [-0.2, 0) is 15.6 Å². The molecule has 6 nitrogen and oxygen atoms in total. The average molecular weight is 409 g/mol. The first-order chi connectivity index (χ1) is 13.9. The zero-order valence-corrected chi connectivity index (χ0v) is 17.3. The second kappa shape index (κ2) is 8.98. The summed E-state index contributed by atoms with van der Waals surface area (Å²) in [6, 6.07) is 18.2. The number of carbonyl (C=O) groups excluding carboxylic acids is 1. The number of hydrogen-bond donors (Lipinski definition) is 3. The van der Waals surface area contributed by atoms with Gasteiger partial charge in [0.2, 0.25) is 5.91 Å². The summed E-state index contributed by atoms with van der Waals surface area (Å²) >= 11 is 0. The van der Waals surface area contributed by atoms with Gasteiger partial charge in [0.15, 0.2) is 0 Å². The molecule has 0 bridgehead atoms. The predicted octanol–water partition coefficient (Wildman–Crippen LogP) is 3.45. The van der Waals surface area contributed by atoms with Crippen molar-refractivity contribution in [2.45, 2.75) is 11.3 Å². The topological polar surface area (TPSA) is 99.3 Å². The maximum absolute atomic E-state index is 13.2. The average Bonchev–Trinajstić information content (AvgIpc) is 2.72. The summed E-state index contributed by atoms with van der Waals surface area (Å²) in [4.78, 5) is 14.6. The van der Waals surface area contributed by atoms with Crippen LogP contribution in [0.1, 0.15) is 12.0 Å². The highest BCUT2D eigenvalue weighted by Crippen LogP contribution is 2.28. The van der Waals surface area contributed by atoms with Crippen molar-refractivity contribution in [1.29, 1.82) is 5.41 Å². The molecule has 150 valence electrons. The molecule has 0 aliphatic rings. The second-order valence-electron chi connectivity index (χ2n) is 6.94. The number of rotatable bonds is 6. The molecule has 1 unspecified atom stereocenters. The van der Waals surface area contributed by atoms with Gasteiger partial charge in [-0.15, -0.1) is 0 Å². The molecule has 3 rings (SSSR count). The van der Waals surface area contributed by atoms with Crippen molar-refractivity contribution in [1.82, 2.24) is 4.90 Å². The number of benzene rings is 3. The highest BCUT2D eigenvalue weighted by Gasteiger charge is 2.19. The molecular formula is C22H24N4O2S. The van der Waals surface area contributed by atoms with E-state index in [1.54, 1.807) is 24.3 Å². The first-order valence-corrected chi connectivity index (χ1v) is 10.3. The van der Waals surface area contributed by atoms with E-state index in [4.69, 9.17) is 11.1 Å². The summed E-state index contributed by atoms with van der Waals surface area (Å²) in [7, 11) is 2.08. The highest BCUT2D eigenvalue weighted by molar-refractivity contribution is 8.01. The van der Waals surface area contributed by atoms with Crippen molar-refractivity contribution >= 4 is 43.9 Å². The van der Waals surface area contributed by atoms with E-state index in [0.29, 0.717) is 29.1 Å². The van der Waals surface area contributed by atoms with Gasteiger partial charge in [0.1, 0.15) is 15.8 Å². The van der Waals surface area contributed by atoms with Crippen LogP contribution in [0.3, 0.4) is 0 Å². The minimum atomic E-state index is -1.71. The van der Waals surface area contributed by atoms with E-state index in [9.17, 15) is 9.00 Å². The van der Waals surface area contributed by atoms with Crippen LogP contribution in [0.15, 0.2) is 65.6 Å². The van der Waals surface area contributed by atoms with Crippen molar-refractivity contribution in [2.75, 3.05) is 31.7 Å². The summed E-state index contributed by atoms with van der Waals surface area (Å²) < 4.78 is 13.2. The predicted molar refractivity (Wildman–Crippen MR) is 120 cm³/mol. The largest absolute Gasteiger partial charge is 0.396 e. The molecule has 3 aromatic carbocycles. The first-order valence-electron chi connectivity index (χ1n) is 9.20. The summed E-state index contributed by atoms with van der Waals surface area (Å²) in [5, 5.41) is 13.0. The van der Waals surface area contributed by atoms with E-state index in [1.807, 2.05) is 55.4 Å². The van der Waals surface area contributed by atoms with Crippen LogP contribution < -0.4 is 11.1 Å². The van der Waals surface area contributed by atoms with Gasteiger partial charge in [-0.1, -0.05) is 42.5 Å². The van der Waals surface area contributed by atoms with Gasteiger partial charge in [0.05, 0.1) is 16.3 Å². The Hall–Kier alpha value is -3.03. The number of amides is 1. The van der Waals surface area contributed by atoms with Crippen molar-refractivity contribution in [3.05, 3.63) is 66.2 Å². The van der Waals surface area contributed by atoms with Crippen molar-refractivity contribution in [3.63, 3.8) is 0 Å². The highest BCUT2D eigenvalue weighted by atomic mass is 32.2. The zero-order valence-electron chi connectivity index (χ0n) is 16.4. The van der Waals surface area contributed by atoms with Crippen molar-refractivity contribution in [3.8, 4) is 0 Å². The lowest BCUT2D eigenvalue weighted by Gasteiger charge is -2.14. The number of fused-ring (bicyclic) bond motifs is 1. The minimum Gasteiger partial charge on any atom is -0.396 e. The lowest BCUT2D eigenvalue weighted by atomic mass is 10.1. The lowest BCUT2D eigenvalue weighted by Crippen LogP contribution is -2.21. The SMILES string of the molecule is CN(C)CCC(=O)Nc1cccc(C(=N)S(=O)c2cccc3ccccc23)c1N. The minimum absolute atomic E-state index is 0.0942. The monoisotopic (exact) mass is 408 g/mol. The fourth-order valence-corrected chi connectivity index (χ4v) is 4.16. The molecule has 29 heavy (non-hydrogen) atoms. The van der Waals surface area contributed by atoms with Crippen LogP contribution in [0.25, 0.3) is 10.8 Å². The van der Waals surface area contributed by atoms with Gasteiger partial charge in [0, 0.05) is 18.5 Å². The van der Waals surface area contributed by atoms with Gasteiger partial charge in [-0.2, -0.15) is 0 Å². The third-order valence-corrected chi connectivity index (χ3v) is 5.89. The van der Waals surface area contributed by atoms with Crippen LogP contribution in [0.5, 0.6) is 0 Å². The van der Waals surface area contributed by atoms with Crippen LogP contribution in [0.4, 0.5) is 11.4 Å².